The van der Waals surface area contributed by atoms with Crippen molar-refractivity contribution in [3.63, 3.8) is 0 Å². The second-order valence-electron chi connectivity index (χ2n) is 3.65. The summed E-state index contributed by atoms with van der Waals surface area (Å²) in [5, 5.41) is 0. The molecule has 0 aromatic heterocycles. The van der Waals surface area contributed by atoms with Gasteiger partial charge in [-0.15, -0.1) is 23.2 Å². The molecule has 1 unspecified atom stereocenters. The maximum absolute atomic E-state index is 12.2. The molecule has 0 fully saturated rings. The van der Waals surface area contributed by atoms with Crippen molar-refractivity contribution in [1.29, 1.82) is 0 Å². The number of rotatable bonds is 8. The second-order valence-corrected chi connectivity index (χ2v) is 6.36. The number of nitrogens with zero attached hydrogens (tertiary/aromatic N) is 1. The maximum Gasteiger partial charge on any atom is 0.341 e. The Balaban J connectivity index is 2.59. The molecule has 0 bridgehead atoms. The number of hydrogen-bond donors (Lipinski definition) is 1. The standard InChI is InChI=1S/C11H17Cl2N2O2P/c12-6-8-15(9-7-13)18(14,16)17-10-11-4-2-1-3-5-11/h1-5H,6-10H2,(H2,14,16)/i17+1. The molecule has 2 N–H and O–H groups in total. The number of alkyl halides is 2. The van der Waals surface area contributed by atoms with E-state index in [2.05, 4.69) is 0 Å². The lowest BCUT2D eigenvalue weighted by Crippen LogP contribution is -2.29. The van der Waals surface area contributed by atoms with Gasteiger partial charge in [0.1, 0.15) is 0 Å². The summed E-state index contributed by atoms with van der Waals surface area (Å²) >= 11 is 11.3. The van der Waals surface area contributed by atoms with E-state index < -0.39 is 7.67 Å². The highest BCUT2D eigenvalue weighted by Gasteiger charge is 2.26. The summed E-state index contributed by atoms with van der Waals surface area (Å²) in [5.74, 6) is 0.652. The van der Waals surface area contributed by atoms with E-state index in [1.165, 1.54) is 4.67 Å². The summed E-state index contributed by atoms with van der Waals surface area (Å²) in [6.07, 6.45) is 0. The summed E-state index contributed by atoms with van der Waals surface area (Å²) in [7, 11) is -3.34. The van der Waals surface area contributed by atoms with E-state index >= 15 is 0 Å². The van der Waals surface area contributed by atoms with Crippen LogP contribution in [0.3, 0.4) is 0 Å². The molecule has 0 heterocycles. The Morgan fingerprint density at radius 3 is 2.22 bits per heavy atom. The number of hydrogen-bond acceptors (Lipinski definition) is 2. The summed E-state index contributed by atoms with van der Waals surface area (Å²) < 4.78 is 19.1. The van der Waals surface area contributed by atoms with Crippen LogP contribution in [-0.4, -0.2) is 29.5 Å². The van der Waals surface area contributed by atoms with Crippen molar-refractivity contribution in [2.75, 3.05) is 24.8 Å². The van der Waals surface area contributed by atoms with Gasteiger partial charge in [0.2, 0.25) is 0 Å². The molecular weight excluding hydrogens is 295 g/mol. The third kappa shape index (κ3) is 5.27. The van der Waals surface area contributed by atoms with Crippen molar-refractivity contribution in [2.24, 2.45) is 5.50 Å². The van der Waals surface area contributed by atoms with Gasteiger partial charge in [0.25, 0.3) is 0 Å². The van der Waals surface area contributed by atoms with Gasteiger partial charge in [-0.05, 0) is 5.56 Å². The molecule has 0 aliphatic heterocycles. The minimum Gasteiger partial charge on any atom is -0.301 e. The van der Waals surface area contributed by atoms with E-state index in [4.69, 9.17) is 33.2 Å². The summed E-state index contributed by atoms with van der Waals surface area (Å²) in [6.45, 7) is 0.976. The smallest absolute Gasteiger partial charge is 0.301 e. The molecule has 18 heavy (non-hydrogen) atoms. The molecule has 0 saturated heterocycles. The van der Waals surface area contributed by atoms with Crippen molar-refractivity contribution in [2.45, 2.75) is 6.61 Å². The van der Waals surface area contributed by atoms with Gasteiger partial charge < -0.3 is 4.52 Å². The van der Waals surface area contributed by atoms with Gasteiger partial charge in [0.15, 0.2) is 0 Å². The van der Waals surface area contributed by atoms with Gasteiger partial charge >= 0.3 is 7.67 Å². The van der Waals surface area contributed by atoms with Crippen molar-refractivity contribution in [1.82, 2.24) is 4.67 Å². The van der Waals surface area contributed by atoms with E-state index in [0.717, 1.165) is 5.56 Å². The van der Waals surface area contributed by atoms with Crippen molar-refractivity contribution < 1.29 is 9.09 Å². The minimum absolute atomic E-state index is 0.204. The highest BCUT2D eigenvalue weighted by atomic mass is 35.5. The average Bonchev–Trinajstić information content (AvgIpc) is 2.37. The third-order valence-corrected chi connectivity index (χ3v) is 4.36. The molecule has 0 saturated carbocycles. The molecular formula is C11H17Cl2N2O2P. The lowest BCUT2D eigenvalue weighted by Gasteiger charge is -2.26. The zero-order valence-electron chi connectivity index (χ0n) is 9.97. The quantitative estimate of drug-likeness (QED) is 0.592. The van der Waals surface area contributed by atoms with Gasteiger partial charge in [0.05, 0.1) is 6.61 Å². The zero-order chi connectivity index (χ0) is 13.4. The number of benzene rings is 1. The molecule has 0 aliphatic carbocycles. The Labute approximate surface area is 118 Å². The van der Waals surface area contributed by atoms with E-state index in [9.17, 15) is 4.57 Å². The first-order chi connectivity index (χ1) is 8.60. The Morgan fingerprint density at radius 1 is 1.17 bits per heavy atom. The zero-order valence-corrected chi connectivity index (χ0v) is 12.4. The van der Waals surface area contributed by atoms with Gasteiger partial charge in [-0.1, -0.05) is 30.3 Å². The van der Waals surface area contributed by atoms with Crippen LogP contribution in [0.4, 0.5) is 0 Å². The third-order valence-electron chi connectivity index (χ3n) is 2.34. The maximum atomic E-state index is 12.2. The first-order valence-corrected chi connectivity index (χ1v) is 8.26. The molecule has 7 heteroatoms. The first-order valence-electron chi connectivity index (χ1n) is 5.54. The van der Waals surface area contributed by atoms with E-state index in [1.54, 1.807) is 0 Å². The van der Waals surface area contributed by atoms with Crippen LogP contribution in [0.2, 0.25) is 0 Å². The van der Waals surface area contributed by atoms with E-state index in [1.807, 2.05) is 30.3 Å². The number of nitrogens with two attached hydrogens (primary N) is 1. The van der Waals surface area contributed by atoms with Gasteiger partial charge in [-0.25, -0.2) is 10.2 Å². The van der Waals surface area contributed by atoms with Gasteiger partial charge in [-0.3, -0.25) is 4.57 Å². The van der Waals surface area contributed by atoms with E-state index in [-0.39, 0.29) is 6.61 Å². The van der Waals surface area contributed by atoms with Crippen molar-refractivity contribution in [3.05, 3.63) is 35.9 Å². The van der Waals surface area contributed by atoms with Crippen LogP contribution in [0.15, 0.2) is 30.3 Å². The Bertz CT molecular complexity index is 386. The van der Waals surface area contributed by atoms with Crippen molar-refractivity contribution in [3.8, 4) is 0 Å². The molecule has 0 spiro atoms. The SMILES string of the molecule is NP(=O)([17O]Cc1ccccc1)N(CCCl)CCCl. The molecule has 1 rings (SSSR count). The fraction of sp³-hybridized carbons (Fsp3) is 0.455. The summed E-state index contributed by atoms with van der Waals surface area (Å²) in [5.41, 5.74) is 6.64. The van der Waals surface area contributed by atoms with Crippen LogP contribution in [-0.2, 0) is 15.7 Å². The van der Waals surface area contributed by atoms with Crippen LogP contribution in [0.25, 0.3) is 0 Å². The Morgan fingerprint density at radius 2 is 1.72 bits per heavy atom. The summed E-state index contributed by atoms with van der Waals surface area (Å²) in [6, 6.07) is 9.44. The molecule has 0 aliphatic rings. The predicted octanol–water partition coefficient (Wildman–Crippen LogP) is 3.05. The first kappa shape index (κ1) is 16.0. The fourth-order valence-electron chi connectivity index (χ4n) is 1.41. The molecule has 1 aromatic carbocycles. The molecule has 4 nitrogen and oxygen atoms in total. The largest absolute Gasteiger partial charge is 0.341 e. The molecule has 1 aromatic rings. The van der Waals surface area contributed by atoms with Crippen LogP contribution in [0, 0.1) is 0 Å². The van der Waals surface area contributed by atoms with Gasteiger partial charge in [-0.2, -0.15) is 0 Å². The molecule has 0 radical (unpaired) electrons. The minimum atomic E-state index is -3.34. The van der Waals surface area contributed by atoms with Crippen LogP contribution >= 0.6 is 30.9 Å². The summed E-state index contributed by atoms with van der Waals surface area (Å²) in [4.78, 5) is 0. The lowest BCUT2D eigenvalue weighted by atomic mass is 10.2. The van der Waals surface area contributed by atoms with E-state index in [0.29, 0.717) is 24.8 Å². The average molecular weight is 312 g/mol. The number of halogens is 2. The predicted molar refractivity (Wildman–Crippen MR) is 76.0 cm³/mol. The lowest BCUT2D eigenvalue weighted by molar-refractivity contribution is 0.257. The highest BCUT2D eigenvalue weighted by Crippen LogP contribution is 2.43. The fourth-order valence-corrected chi connectivity index (χ4v) is 3.31. The Kier molecular flexibility index (Phi) is 7.23. The van der Waals surface area contributed by atoms with Crippen LogP contribution in [0.1, 0.15) is 5.56 Å². The monoisotopic (exact) mass is 311 g/mol. The molecule has 102 valence electrons. The Hall–Kier alpha value is -0.0900. The topological polar surface area (TPSA) is 55.6 Å². The van der Waals surface area contributed by atoms with Crippen LogP contribution < -0.4 is 5.50 Å². The highest BCUT2D eigenvalue weighted by molar-refractivity contribution is 7.53. The molecule has 0 amide bonds. The van der Waals surface area contributed by atoms with Crippen LogP contribution in [0.5, 0.6) is 0 Å². The second kappa shape index (κ2) is 8.16. The van der Waals surface area contributed by atoms with Gasteiger partial charge in [0, 0.05) is 24.8 Å². The normalized spacial score (nSPS) is 14.7. The van der Waals surface area contributed by atoms with Crippen molar-refractivity contribution >= 4 is 30.9 Å². The molecule has 1 atom stereocenters.